The summed E-state index contributed by atoms with van der Waals surface area (Å²) in [7, 11) is 0. The van der Waals surface area contributed by atoms with Crippen LogP contribution in [-0.4, -0.2) is 24.2 Å². The van der Waals surface area contributed by atoms with E-state index >= 15 is 0 Å². The Bertz CT molecular complexity index is 538. The predicted molar refractivity (Wildman–Crippen MR) is 73.9 cm³/mol. The third-order valence-corrected chi connectivity index (χ3v) is 2.89. The molecule has 0 aliphatic carbocycles. The summed E-state index contributed by atoms with van der Waals surface area (Å²) in [5, 5.41) is 23.1. The molecule has 1 rings (SSSR count). The monoisotopic (exact) mass is 299 g/mol. The zero-order valence-electron chi connectivity index (χ0n) is 9.78. The van der Waals surface area contributed by atoms with E-state index in [0.29, 0.717) is 10.7 Å². The van der Waals surface area contributed by atoms with Gasteiger partial charge in [0.1, 0.15) is 11.6 Å². The van der Waals surface area contributed by atoms with Crippen LogP contribution >= 0.6 is 23.2 Å². The second-order valence-corrected chi connectivity index (χ2v) is 4.19. The number of rotatable bonds is 5. The molecule has 19 heavy (non-hydrogen) atoms. The number of carbonyl (C=O) groups excluding carboxylic acids is 1. The fraction of sp³-hybridized carbons (Fsp3) is 0.167. The number of hydrogen-bond donors (Lipinski definition) is 3. The molecule has 0 saturated heterocycles. The van der Waals surface area contributed by atoms with E-state index in [1.54, 1.807) is 24.3 Å². The van der Waals surface area contributed by atoms with Gasteiger partial charge in [-0.05, 0) is 12.1 Å². The lowest BCUT2D eigenvalue weighted by Crippen LogP contribution is -2.18. The Morgan fingerprint density at radius 2 is 2.21 bits per heavy atom. The molecule has 0 bridgehead atoms. The fourth-order valence-electron chi connectivity index (χ4n) is 1.18. The zero-order chi connectivity index (χ0) is 14.3. The van der Waals surface area contributed by atoms with Crippen molar-refractivity contribution in [3.8, 4) is 6.07 Å². The first-order valence-corrected chi connectivity index (χ1v) is 6.05. The third kappa shape index (κ3) is 4.45. The highest BCUT2D eigenvalue weighted by atomic mass is 35.5. The Labute approximate surface area is 120 Å². The molecule has 3 N–H and O–H groups in total. The number of carbonyl (C=O) groups is 1. The number of nitriles is 1. The molecular formula is C12H11Cl2N3O2. The molecule has 100 valence electrons. The van der Waals surface area contributed by atoms with Crippen LogP contribution in [0, 0.1) is 11.3 Å². The van der Waals surface area contributed by atoms with Crippen LogP contribution in [0.15, 0.2) is 30.0 Å². The minimum Gasteiger partial charge on any atom is -0.395 e. The number of aliphatic hydroxyl groups excluding tert-OH is 1. The summed E-state index contributed by atoms with van der Waals surface area (Å²) < 4.78 is 0. The quantitative estimate of drug-likeness (QED) is 0.440. The van der Waals surface area contributed by atoms with Gasteiger partial charge in [0.2, 0.25) is 0 Å². The van der Waals surface area contributed by atoms with Crippen LogP contribution in [-0.2, 0) is 4.79 Å². The van der Waals surface area contributed by atoms with Crippen molar-refractivity contribution in [1.29, 1.82) is 5.26 Å². The lowest BCUT2D eigenvalue weighted by Gasteiger charge is -2.07. The molecule has 7 heteroatoms. The van der Waals surface area contributed by atoms with Crippen molar-refractivity contribution in [3.63, 3.8) is 0 Å². The van der Waals surface area contributed by atoms with Gasteiger partial charge in [0.05, 0.1) is 22.3 Å². The van der Waals surface area contributed by atoms with Crippen LogP contribution in [0.2, 0.25) is 10.0 Å². The van der Waals surface area contributed by atoms with Gasteiger partial charge >= 0.3 is 0 Å². The number of nitrogens with one attached hydrogen (secondary N) is 2. The van der Waals surface area contributed by atoms with Crippen LogP contribution in [0.1, 0.15) is 0 Å². The van der Waals surface area contributed by atoms with E-state index in [4.69, 9.17) is 33.6 Å². The van der Waals surface area contributed by atoms with E-state index in [1.165, 1.54) is 6.20 Å². The maximum Gasteiger partial charge on any atom is 0.267 e. The zero-order valence-corrected chi connectivity index (χ0v) is 11.3. The van der Waals surface area contributed by atoms with E-state index in [1.807, 2.05) is 0 Å². The molecule has 0 heterocycles. The summed E-state index contributed by atoms with van der Waals surface area (Å²) in [5.41, 5.74) is 0.187. The van der Waals surface area contributed by atoms with Gasteiger partial charge in [-0.2, -0.15) is 5.26 Å². The standard InChI is InChI=1S/C12H11Cl2N3O2/c13-9-2-1-3-10(11(9)14)17-12(19)8(6-15)7-16-4-5-18/h1-3,7,16,18H,4-5H2,(H,17,19)/b8-7-. The maximum atomic E-state index is 11.8. The van der Waals surface area contributed by atoms with Crippen molar-refractivity contribution in [2.45, 2.75) is 0 Å². The maximum absolute atomic E-state index is 11.8. The minimum atomic E-state index is -0.614. The van der Waals surface area contributed by atoms with Crippen molar-refractivity contribution >= 4 is 34.8 Å². The summed E-state index contributed by atoms with van der Waals surface area (Å²) in [5.74, 6) is -0.614. The Morgan fingerprint density at radius 3 is 2.84 bits per heavy atom. The number of benzene rings is 1. The Hall–Kier alpha value is -1.74. The van der Waals surface area contributed by atoms with Gasteiger partial charge in [-0.3, -0.25) is 4.79 Å². The van der Waals surface area contributed by atoms with Crippen LogP contribution in [0.5, 0.6) is 0 Å². The molecule has 0 saturated carbocycles. The highest BCUT2D eigenvalue weighted by molar-refractivity contribution is 6.44. The molecule has 1 amide bonds. The first-order chi connectivity index (χ1) is 9.10. The summed E-state index contributed by atoms with van der Waals surface area (Å²) in [6, 6.07) is 6.53. The van der Waals surface area contributed by atoms with Crippen LogP contribution in [0.4, 0.5) is 5.69 Å². The molecule has 0 radical (unpaired) electrons. The number of halogens is 2. The molecule has 0 fully saturated rings. The molecule has 0 atom stereocenters. The molecular weight excluding hydrogens is 289 g/mol. The number of amides is 1. The summed E-state index contributed by atoms with van der Waals surface area (Å²) in [6.45, 7) is 0.146. The highest BCUT2D eigenvalue weighted by Crippen LogP contribution is 2.29. The van der Waals surface area contributed by atoms with Gasteiger partial charge in [0, 0.05) is 12.7 Å². The average Bonchev–Trinajstić information content (AvgIpc) is 2.40. The van der Waals surface area contributed by atoms with Crippen molar-refractivity contribution in [2.75, 3.05) is 18.5 Å². The fourth-order valence-corrected chi connectivity index (χ4v) is 1.53. The molecule has 5 nitrogen and oxygen atoms in total. The van der Waals surface area contributed by atoms with E-state index in [-0.39, 0.29) is 23.7 Å². The second kappa shape index (κ2) is 7.64. The summed E-state index contributed by atoms with van der Waals surface area (Å²) >= 11 is 11.7. The van der Waals surface area contributed by atoms with Crippen molar-refractivity contribution in [2.24, 2.45) is 0 Å². The second-order valence-electron chi connectivity index (χ2n) is 3.40. The van der Waals surface area contributed by atoms with E-state index in [2.05, 4.69) is 10.6 Å². The largest absolute Gasteiger partial charge is 0.395 e. The molecule has 0 aliphatic rings. The molecule has 0 aromatic heterocycles. The van der Waals surface area contributed by atoms with Crippen LogP contribution < -0.4 is 10.6 Å². The molecule has 0 aliphatic heterocycles. The normalized spacial score (nSPS) is 10.7. The Balaban J connectivity index is 2.81. The predicted octanol–water partition coefficient (Wildman–Crippen LogP) is 1.92. The van der Waals surface area contributed by atoms with Gasteiger partial charge in [0.25, 0.3) is 5.91 Å². The van der Waals surface area contributed by atoms with E-state index in [9.17, 15) is 4.79 Å². The minimum absolute atomic E-state index is 0.100. The van der Waals surface area contributed by atoms with Crippen molar-refractivity contribution in [3.05, 3.63) is 40.0 Å². The molecule has 1 aromatic carbocycles. The van der Waals surface area contributed by atoms with Gasteiger partial charge in [-0.15, -0.1) is 0 Å². The molecule has 0 spiro atoms. The molecule has 0 unspecified atom stereocenters. The lowest BCUT2D eigenvalue weighted by molar-refractivity contribution is -0.112. The number of aliphatic hydroxyl groups is 1. The Kier molecular flexibility index (Phi) is 6.16. The van der Waals surface area contributed by atoms with Gasteiger partial charge < -0.3 is 15.7 Å². The number of anilines is 1. The number of hydrogen-bond acceptors (Lipinski definition) is 4. The van der Waals surface area contributed by atoms with E-state index < -0.39 is 5.91 Å². The third-order valence-electron chi connectivity index (χ3n) is 2.07. The SMILES string of the molecule is N#C/C(=C/NCCO)C(=O)Nc1cccc(Cl)c1Cl. The number of nitrogens with zero attached hydrogens (tertiary/aromatic N) is 1. The highest BCUT2D eigenvalue weighted by Gasteiger charge is 2.12. The van der Waals surface area contributed by atoms with Crippen LogP contribution in [0.25, 0.3) is 0 Å². The summed E-state index contributed by atoms with van der Waals surface area (Å²) in [6.07, 6.45) is 1.23. The van der Waals surface area contributed by atoms with Crippen molar-refractivity contribution in [1.82, 2.24) is 5.32 Å². The topological polar surface area (TPSA) is 85.2 Å². The van der Waals surface area contributed by atoms with Crippen LogP contribution in [0.3, 0.4) is 0 Å². The molecule has 1 aromatic rings. The lowest BCUT2D eigenvalue weighted by atomic mass is 10.2. The summed E-state index contributed by atoms with van der Waals surface area (Å²) in [4.78, 5) is 11.8. The van der Waals surface area contributed by atoms with Gasteiger partial charge in [-0.25, -0.2) is 0 Å². The van der Waals surface area contributed by atoms with Crippen molar-refractivity contribution < 1.29 is 9.90 Å². The van der Waals surface area contributed by atoms with Gasteiger partial charge in [-0.1, -0.05) is 29.3 Å². The van der Waals surface area contributed by atoms with Gasteiger partial charge in [0.15, 0.2) is 0 Å². The average molecular weight is 300 g/mol. The van der Waals surface area contributed by atoms with E-state index in [0.717, 1.165) is 0 Å². The first kappa shape index (κ1) is 15.3. The smallest absolute Gasteiger partial charge is 0.267 e. The Morgan fingerprint density at radius 1 is 1.47 bits per heavy atom. The first-order valence-electron chi connectivity index (χ1n) is 5.30.